The van der Waals surface area contributed by atoms with Crippen LogP contribution in [0.4, 0.5) is 53.7 Å². The Hall–Kier alpha value is -5.08. The summed E-state index contributed by atoms with van der Waals surface area (Å²) < 4.78 is 93.7. The summed E-state index contributed by atoms with van der Waals surface area (Å²) in [5.74, 6) is -1.69. The number of imidazole rings is 1. The van der Waals surface area contributed by atoms with Gasteiger partial charge in [0.25, 0.3) is 5.91 Å². The number of nitrogens with zero attached hydrogens (tertiary/aromatic N) is 4. The topological polar surface area (TPSA) is 107 Å². The van der Waals surface area contributed by atoms with Gasteiger partial charge in [-0.25, -0.2) is 19.4 Å². The maximum Gasteiger partial charge on any atom is 0.417 e. The van der Waals surface area contributed by atoms with Gasteiger partial charge in [0, 0.05) is 30.1 Å². The second kappa shape index (κ2) is 11.2. The SMILES string of the molecule is C=Nc1nc[nH]c1C(=NC)c1cccnc1Nc1ccc(F)c(NC(=O)c2ccc(C(F)(F)F)c(C(F)(F)F)c2)c1. The van der Waals surface area contributed by atoms with Gasteiger partial charge in [-0.05, 0) is 55.2 Å². The van der Waals surface area contributed by atoms with Gasteiger partial charge >= 0.3 is 12.4 Å². The summed E-state index contributed by atoms with van der Waals surface area (Å²) in [6.45, 7) is 3.47. The molecule has 0 unspecified atom stereocenters. The van der Waals surface area contributed by atoms with Crippen LogP contribution in [0.25, 0.3) is 0 Å². The molecule has 2 aromatic carbocycles. The van der Waals surface area contributed by atoms with Crippen molar-refractivity contribution in [1.29, 1.82) is 0 Å². The van der Waals surface area contributed by atoms with E-state index in [2.05, 4.69) is 42.3 Å². The first-order chi connectivity index (χ1) is 19.3. The van der Waals surface area contributed by atoms with E-state index in [1.54, 1.807) is 12.1 Å². The summed E-state index contributed by atoms with van der Waals surface area (Å²) >= 11 is 0. The van der Waals surface area contributed by atoms with Gasteiger partial charge in [-0.15, -0.1) is 0 Å². The third-order valence-electron chi connectivity index (χ3n) is 5.66. The van der Waals surface area contributed by atoms with E-state index in [0.29, 0.717) is 23.0 Å². The number of rotatable bonds is 7. The quantitative estimate of drug-likeness (QED) is 0.166. The van der Waals surface area contributed by atoms with Gasteiger partial charge in [-0.3, -0.25) is 9.79 Å². The number of H-pyrrole nitrogens is 1. The summed E-state index contributed by atoms with van der Waals surface area (Å²) in [5, 5.41) is 5.05. The van der Waals surface area contributed by atoms with Gasteiger partial charge in [0.1, 0.15) is 17.3 Å². The number of halogens is 7. The third-order valence-corrected chi connectivity index (χ3v) is 5.66. The molecule has 0 aliphatic carbocycles. The van der Waals surface area contributed by atoms with Crippen LogP contribution in [0.1, 0.15) is 32.7 Å². The predicted molar refractivity (Wildman–Crippen MR) is 138 cm³/mol. The van der Waals surface area contributed by atoms with Crippen LogP contribution >= 0.6 is 0 Å². The average Bonchev–Trinajstić information content (AvgIpc) is 3.39. The molecule has 15 heteroatoms. The van der Waals surface area contributed by atoms with Crippen LogP contribution < -0.4 is 10.6 Å². The molecular weight excluding hydrogens is 559 g/mol. The first-order valence-corrected chi connectivity index (χ1v) is 11.4. The van der Waals surface area contributed by atoms with Crippen molar-refractivity contribution in [2.75, 3.05) is 17.7 Å². The number of anilines is 3. The molecule has 3 N–H and O–H groups in total. The molecule has 4 aromatic rings. The van der Waals surface area contributed by atoms with Crippen LogP contribution in [-0.4, -0.2) is 40.3 Å². The van der Waals surface area contributed by atoms with E-state index in [4.69, 9.17) is 0 Å². The van der Waals surface area contributed by atoms with Crippen molar-refractivity contribution in [3.05, 3.63) is 94.8 Å². The lowest BCUT2D eigenvalue weighted by molar-refractivity contribution is -0.162. The standard InChI is InChI=1S/C26H18F7N7O/c1-34-20(21-23(35-2)38-12-37-21)15-4-3-9-36-22(15)39-14-6-8-18(27)19(11-14)40-24(41)13-5-7-16(25(28,29)30)17(10-13)26(31,32)33/h3-12H,2H2,1H3,(H,36,39)(H,37,38)(H,40,41). The number of nitrogens with one attached hydrogen (secondary N) is 3. The number of amides is 1. The summed E-state index contributed by atoms with van der Waals surface area (Å²) in [6, 6.07) is 7.51. The molecular formula is C26H18F7N7O. The van der Waals surface area contributed by atoms with Gasteiger partial charge in [-0.2, -0.15) is 26.3 Å². The first-order valence-electron chi connectivity index (χ1n) is 11.4. The molecule has 0 aliphatic rings. The van der Waals surface area contributed by atoms with Crippen molar-refractivity contribution in [2.45, 2.75) is 12.4 Å². The van der Waals surface area contributed by atoms with Crippen LogP contribution in [0.3, 0.4) is 0 Å². The van der Waals surface area contributed by atoms with Crippen molar-refractivity contribution in [3.8, 4) is 0 Å². The zero-order valence-corrected chi connectivity index (χ0v) is 20.8. The first kappa shape index (κ1) is 28.9. The second-order valence-corrected chi connectivity index (χ2v) is 8.26. The molecule has 0 spiro atoms. The lowest BCUT2D eigenvalue weighted by atomic mass is 10.0. The van der Waals surface area contributed by atoms with Crippen molar-refractivity contribution >= 4 is 41.3 Å². The van der Waals surface area contributed by atoms with E-state index in [1.165, 1.54) is 25.6 Å². The summed E-state index contributed by atoms with van der Waals surface area (Å²) in [4.78, 5) is 32.0. The maximum absolute atomic E-state index is 14.6. The Kier molecular flexibility index (Phi) is 7.89. The van der Waals surface area contributed by atoms with Crippen molar-refractivity contribution in [1.82, 2.24) is 15.0 Å². The molecule has 41 heavy (non-hydrogen) atoms. The molecule has 0 aliphatic heterocycles. The largest absolute Gasteiger partial charge is 0.417 e. The van der Waals surface area contributed by atoms with Gasteiger partial charge in [-0.1, -0.05) is 0 Å². The molecule has 2 aromatic heterocycles. The lowest BCUT2D eigenvalue weighted by Crippen LogP contribution is -2.19. The minimum Gasteiger partial charge on any atom is -0.341 e. The summed E-state index contributed by atoms with van der Waals surface area (Å²) in [5.41, 5.74) is -3.69. The minimum atomic E-state index is -5.39. The fourth-order valence-corrected chi connectivity index (χ4v) is 3.84. The van der Waals surface area contributed by atoms with Crippen molar-refractivity contribution in [2.24, 2.45) is 9.98 Å². The second-order valence-electron chi connectivity index (χ2n) is 8.26. The Morgan fingerprint density at radius 1 is 0.976 bits per heavy atom. The zero-order chi connectivity index (χ0) is 29.9. The Morgan fingerprint density at radius 3 is 2.37 bits per heavy atom. The van der Waals surface area contributed by atoms with E-state index in [0.717, 1.165) is 12.1 Å². The molecule has 4 rings (SSSR count). The molecule has 0 fully saturated rings. The smallest absolute Gasteiger partial charge is 0.341 e. The number of aromatic nitrogens is 3. The Balaban J connectivity index is 1.64. The van der Waals surface area contributed by atoms with E-state index in [9.17, 15) is 35.5 Å². The number of pyridine rings is 1. The van der Waals surface area contributed by atoms with E-state index in [1.807, 2.05) is 0 Å². The molecule has 0 saturated heterocycles. The fraction of sp³-hybridized carbons (Fsp3) is 0.115. The van der Waals surface area contributed by atoms with Crippen molar-refractivity contribution in [3.63, 3.8) is 0 Å². The molecule has 212 valence electrons. The Labute approximate surface area is 227 Å². The van der Waals surface area contributed by atoms with Crippen LogP contribution in [0.2, 0.25) is 0 Å². The average molecular weight is 577 g/mol. The number of hydrogen-bond donors (Lipinski definition) is 3. The van der Waals surface area contributed by atoms with Crippen LogP contribution in [-0.2, 0) is 12.4 Å². The van der Waals surface area contributed by atoms with Crippen molar-refractivity contribution < 1.29 is 35.5 Å². The Morgan fingerprint density at radius 2 is 1.71 bits per heavy atom. The fourth-order valence-electron chi connectivity index (χ4n) is 3.84. The highest BCUT2D eigenvalue weighted by Gasteiger charge is 2.43. The van der Waals surface area contributed by atoms with Gasteiger partial charge in [0.15, 0.2) is 5.82 Å². The van der Waals surface area contributed by atoms with Crippen LogP contribution in [0.5, 0.6) is 0 Å². The molecule has 0 radical (unpaired) electrons. The number of alkyl halides is 6. The number of aromatic amines is 1. The van der Waals surface area contributed by atoms with E-state index < -0.39 is 46.5 Å². The maximum atomic E-state index is 14.6. The number of hydrogen-bond acceptors (Lipinski definition) is 6. The zero-order valence-electron chi connectivity index (χ0n) is 20.8. The number of carbonyl (C=O) groups is 1. The molecule has 0 bridgehead atoms. The van der Waals surface area contributed by atoms with E-state index >= 15 is 0 Å². The number of benzene rings is 2. The highest BCUT2D eigenvalue weighted by molar-refractivity contribution is 6.16. The van der Waals surface area contributed by atoms with E-state index in [-0.39, 0.29) is 29.5 Å². The Bertz CT molecular complexity index is 1640. The van der Waals surface area contributed by atoms with Crippen LogP contribution in [0.15, 0.2) is 71.0 Å². The molecule has 0 atom stereocenters. The number of aliphatic imine (C=N–C) groups is 2. The van der Waals surface area contributed by atoms with Gasteiger partial charge < -0.3 is 15.6 Å². The van der Waals surface area contributed by atoms with Gasteiger partial charge in [0.2, 0.25) is 0 Å². The highest BCUT2D eigenvalue weighted by Crippen LogP contribution is 2.40. The number of carbonyl (C=O) groups excluding carboxylic acids is 1. The minimum absolute atomic E-state index is 0.0613. The highest BCUT2D eigenvalue weighted by atomic mass is 19.4. The molecule has 0 saturated carbocycles. The summed E-state index contributed by atoms with van der Waals surface area (Å²) in [6.07, 6.45) is -7.83. The third kappa shape index (κ3) is 6.23. The van der Waals surface area contributed by atoms with Gasteiger partial charge in [0.05, 0.1) is 28.9 Å². The predicted octanol–water partition coefficient (Wildman–Crippen LogP) is 6.78. The van der Waals surface area contributed by atoms with Crippen LogP contribution in [0, 0.1) is 5.82 Å². The normalized spacial score (nSPS) is 12.2. The molecule has 2 heterocycles. The molecule has 1 amide bonds. The monoisotopic (exact) mass is 577 g/mol. The lowest BCUT2D eigenvalue weighted by Gasteiger charge is -2.17. The summed E-state index contributed by atoms with van der Waals surface area (Å²) in [7, 11) is 1.52. The molecule has 8 nitrogen and oxygen atoms in total.